The monoisotopic (exact) mass is 790 g/mol. The van der Waals surface area contributed by atoms with Crippen molar-refractivity contribution >= 4 is 21.8 Å². The molecule has 0 radical (unpaired) electrons. The minimum Gasteiger partial charge on any atom is -0.245 e. The Labute approximate surface area is 360 Å². The van der Waals surface area contributed by atoms with Crippen LogP contribution in [0.25, 0.3) is 112 Å². The standard InChI is InChI=1S/C58H38N4/c1-5-14-39(15-6-1)40-24-28-44(29-25-40)54-38-55(62-58(61-54)47-20-11-4-12-21-47)45-30-26-41(27-31-45)48-22-13-23-49(36-48)52-35-33-46-32-34-50-51(42-16-7-2-8-17-42)37-53(43-18-9-3-10-19-43)60-57(50)56(46)59-52/h1-38H. The molecule has 0 unspecified atom stereocenters. The molecule has 0 aliphatic carbocycles. The lowest BCUT2D eigenvalue weighted by molar-refractivity contribution is 1.18. The van der Waals surface area contributed by atoms with E-state index in [-0.39, 0.29) is 0 Å². The van der Waals surface area contributed by atoms with Crippen molar-refractivity contribution in [3.63, 3.8) is 0 Å². The summed E-state index contributed by atoms with van der Waals surface area (Å²) in [6.45, 7) is 0. The molecule has 8 aromatic carbocycles. The van der Waals surface area contributed by atoms with Gasteiger partial charge in [-0.2, -0.15) is 0 Å². The van der Waals surface area contributed by atoms with Gasteiger partial charge < -0.3 is 0 Å². The second kappa shape index (κ2) is 16.0. The number of hydrogen-bond acceptors (Lipinski definition) is 4. The lowest BCUT2D eigenvalue weighted by Crippen LogP contribution is -1.96. The number of nitrogens with zero attached hydrogens (tertiary/aromatic N) is 4. The summed E-state index contributed by atoms with van der Waals surface area (Å²) in [4.78, 5) is 20.8. The zero-order valence-corrected chi connectivity index (χ0v) is 33.7. The van der Waals surface area contributed by atoms with Crippen molar-refractivity contribution in [2.24, 2.45) is 0 Å². The topological polar surface area (TPSA) is 51.6 Å². The van der Waals surface area contributed by atoms with Gasteiger partial charge in [0.2, 0.25) is 0 Å². The Morgan fingerprint density at radius 1 is 0.226 bits per heavy atom. The summed E-state index contributed by atoms with van der Waals surface area (Å²) >= 11 is 0. The van der Waals surface area contributed by atoms with Gasteiger partial charge in [0.05, 0.1) is 33.8 Å². The molecule has 4 heteroatoms. The fourth-order valence-electron chi connectivity index (χ4n) is 8.26. The van der Waals surface area contributed by atoms with E-state index >= 15 is 0 Å². The third kappa shape index (κ3) is 7.20. The number of fused-ring (bicyclic) bond motifs is 3. The minimum absolute atomic E-state index is 0.695. The van der Waals surface area contributed by atoms with Gasteiger partial charge in [-0.25, -0.2) is 19.9 Å². The molecular weight excluding hydrogens is 753 g/mol. The van der Waals surface area contributed by atoms with Crippen LogP contribution in [0.5, 0.6) is 0 Å². The normalized spacial score (nSPS) is 11.2. The predicted octanol–water partition coefficient (Wildman–Crippen LogP) is 14.9. The third-order valence-corrected chi connectivity index (χ3v) is 11.5. The first-order valence-electron chi connectivity index (χ1n) is 20.9. The first kappa shape index (κ1) is 36.7. The van der Waals surface area contributed by atoms with Gasteiger partial charge in [0.1, 0.15) is 0 Å². The molecule has 0 amide bonds. The Hall–Kier alpha value is -8.34. The molecule has 11 rings (SSSR count). The predicted molar refractivity (Wildman–Crippen MR) is 256 cm³/mol. The van der Waals surface area contributed by atoms with Crippen molar-refractivity contribution in [3.05, 3.63) is 231 Å². The molecule has 0 aliphatic heterocycles. The highest BCUT2D eigenvalue weighted by Gasteiger charge is 2.15. The molecule has 290 valence electrons. The van der Waals surface area contributed by atoms with Crippen molar-refractivity contribution in [1.82, 2.24) is 19.9 Å². The second-order valence-corrected chi connectivity index (χ2v) is 15.4. The Kier molecular flexibility index (Phi) is 9.49. The van der Waals surface area contributed by atoms with E-state index in [0.717, 1.165) is 94.7 Å². The zero-order valence-electron chi connectivity index (χ0n) is 33.7. The first-order chi connectivity index (χ1) is 30.7. The fraction of sp³-hybridized carbons (Fsp3) is 0. The maximum Gasteiger partial charge on any atom is 0.160 e. The Bertz CT molecular complexity index is 3350. The molecule has 0 atom stereocenters. The van der Waals surface area contributed by atoms with Crippen LogP contribution in [0.4, 0.5) is 0 Å². The van der Waals surface area contributed by atoms with E-state index in [2.05, 4.69) is 200 Å². The molecule has 62 heavy (non-hydrogen) atoms. The largest absolute Gasteiger partial charge is 0.245 e. The zero-order chi connectivity index (χ0) is 41.2. The molecule has 0 spiro atoms. The molecule has 0 N–H and O–H groups in total. The summed E-state index contributed by atoms with van der Waals surface area (Å²) in [6, 6.07) is 80.4. The molecule has 3 aromatic heterocycles. The SMILES string of the molecule is c1ccc(-c2ccc(-c3cc(-c4ccc(-c5cccc(-c6ccc7ccc8c(-c9ccccc9)cc(-c9ccccc9)nc8c7n6)c5)cc4)nc(-c4ccccc4)n3)cc2)cc1. The van der Waals surface area contributed by atoms with Gasteiger partial charge in [0.15, 0.2) is 5.82 Å². The van der Waals surface area contributed by atoms with Gasteiger partial charge in [-0.05, 0) is 57.6 Å². The van der Waals surface area contributed by atoms with Crippen molar-refractivity contribution in [1.29, 1.82) is 0 Å². The van der Waals surface area contributed by atoms with Crippen LogP contribution in [-0.4, -0.2) is 19.9 Å². The molecular formula is C58H38N4. The highest BCUT2D eigenvalue weighted by atomic mass is 14.9. The van der Waals surface area contributed by atoms with Gasteiger partial charge in [-0.3, -0.25) is 0 Å². The van der Waals surface area contributed by atoms with Crippen LogP contribution in [-0.2, 0) is 0 Å². The smallest absolute Gasteiger partial charge is 0.160 e. The summed E-state index contributed by atoms with van der Waals surface area (Å²) in [6.07, 6.45) is 0. The van der Waals surface area contributed by atoms with Gasteiger partial charge >= 0.3 is 0 Å². The number of pyridine rings is 2. The van der Waals surface area contributed by atoms with E-state index in [1.165, 1.54) is 11.1 Å². The van der Waals surface area contributed by atoms with Gasteiger partial charge in [0, 0.05) is 38.6 Å². The Morgan fingerprint density at radius 2 is 0.661 bits per heavy atom. The number of benzene rings is 8. The van der Waals surface area contributed by atoms with E-state index in [4.69, 9.17) is 19.9 Å². The van der Waals surface area contributed by atoms with E-state index in [1.807, 2.05) is 30.3 Å². The van der Waals surface area contributed by atoms with Crippen LogP contribution < -0.4 is 0 Å². The van der Waals surface area contributed by atoms with E-state index in [0.29, 0.717) is 5.82 Å². The molecule has 0 fully saturated rings. The highest BCUT2D eigenvalue weighted by Crippen LogP contribution is 2.37. The first-order valence-corrected chi connectivity index (χ1v) is 20.9. The van der Waals surface area contributed by atoms with E-state index < -0.39 is 0 Å². The molecule has 0 aliphatic rings. The van der Waals surface area contributed by atoms with Crippen LogP contribution in [0.2, 0.25) is 0 Å². The molecule has 3 heterocycles. The summed E-state index contributed by atoms with van der Waals surface area (Å²) in [7, 11) is 0. The molecule has 4 nitrogen and oxygen atoms in total. The summed E-state index contributed by atoms with van der Waals surface area (Å²) in [5, 5.41) is 2.13. The highest BCUT2D eigenvalue weighted by molar-refractivity contribution is 6.09. The van der Waals surface area contributed by atoms with E-state index in [9.17, 15) is 0 Å². The van der Waals surface area contributed by atoms with Crippen LogP contribution in [0.1, 0.15) is 0 Å². The van der Waals surface area contributed by atoms with Gasteiger partial charge in [-0.1, -0.05) is 206 Å². The van der Waals surface area contributed by atoms with Crippen LogP contribution >= 0.6 is 0 Å². The Balaban J connectivity index is 0.946. The number of aromatic nitrogens is 4. The van der Waals surface area contributed by atoms with Crippen molar-refractivity contribution < 1.29 is 0 Å². The fourth-order valence-corrected chi connectivity index (χ4v) is 8.26. The number of rotatable bonds is 8. The van der Waals surface area contributed by atoms with Crippen LogP contribution in [0, 0.1) is 0 Å². The molecule has 0 saturated carbocycles. The van der Waals surface area contributed by atoms with Gasteiger partial charge in [0.25, 0.3) is 0 Å². The van der Waals surface area contributed by atoms with Crippen LogP contribution in [0.3, 0.4) is 0 Å². The third-order valence-electron chi connectivity index (χ3n) is 11.5. The minimum atomic E-state index is 0.695. The summed E-state index contributed by atoms with van der Waals surface area (Å²) in [5.74, 6) is 0.695. The van der Waals surface area contributed by atoms with Crippen molar-refractivity contribution in [2.45, 2.75) is 0 Å². The lowest BCUT2D eigenvalue weighted by atomic mass is 9.96. The molecule has 0 saturated heterocycles. The lowest BCUT2D eigenvalue weighted by Gasteiger charge is -2.13. The average molecular weight is 791 g/mol. The summed E-state index contributed by atoms with van der Waals surface area (Å²) in [5.41, 5.74) is 17.4. The second-order valence-electron chi connectivity index (χ2n) is 15.4. The maximum atomic E-state index is 5.34. The Morgan fingerprint density at radius 3 is 1.29 bits per heavy atom. The maximum absolute atomic E-state index is 5.34. The quantitative estimate of drug-likeness (QED) is 0.144. The van der Waals surface area contributed by atoms with Crippen molar-refractivity contribution in [3.8, 4) is 89.8 Å². The van der Waals surface area contributed by atoms with Crippen molar-refractivity contribution in [2.75, 3.05) is 0 Å². The average Bonchev–Trinajstić information content (AvgIpc) is 3.37. The number of hydrogen-bond donors (Lipinski definition) is 0. The molecule has 11 aromatic rings. The van der Waals surface area contributed by atoms with Crippen LogP contribution in [0.15, 0.2) is 231 Å². The summed E-state index contributed by atoms with van der Waals surface area (Å²) < 4.78 is 0. The van der Waals surface area contributed by atoms with E-state index in [1.54, 1.807) is 0 Å². The van der Waals surface area contributed by atoms with Gasteiger partial charge in [-0.15, -0.1) is 0 Å². The molecule has 0 bridgehead atoms.